The van der Waals surface area contributed by atoms with Gasteiger partial charge in [0.2, 0.25) is 11.8 Å². The maximum atomic E-state index is 13.8. The van der Waals surface area contributed by atoms with E-state index < -0.39 is 321 Å². The fourth-order valence-corrected chi connectivity index (χ4v) is 23.9. The number of phenols is 1. The number of carboxylic acid groups (broad SMARTS) is 2. The third-order valence-corrected chi connectivity index (χ3v) is 31.2. The fraction of sp³-hybridized carbons (Fsp3) is 0.787. The Balaban J connectivity index is 0.000000202. The summed E-state index contributed by atoms with van der Waals surface area (Å²) in [6, 6.07) is 6.35. The molecular weight excluding hydrogens is 1990 g/mol. The molecule has 828 valence electrons. The van der Waals surface area contributed by atoms with Gasteiger partial charge in [-0.1, -0.05) is 12.1 Å². The van der Waals surface area contributed by atoms with Gasteiger partial charge in [0, 0.05) is 71.5 Å². The summed E-state index contributed by atoms with van der Waals surface area (Å²) in [5.41, 5.74) is -1.21. The van der Waals surface area contributed by atoms with Crippen LogP contribution in [0.4, 0.5) is 9.59 Å². The van der Waals surface area contributed by atoms with Crippen molar-refractivity contribution in [3.8, 4) is 23.0 Å². The number of ketones is 2. The molecule has 2 amide bonds. The van der Waals surface area contributed by atoms with Crippen molar-refractivity contribution in [1.82, 2.24) is 20.4 Å². The van der Waals surface area contributed by atoms with Gasteiger partial charge in [-0.3, -0.25) is 29.0 Å². The number of aromatic hydroxyl groups is 1. The van der Waals surface area contributed by atoms with Gasteiger partial charge in [-0.2, -0.15) is 0 Å². The molecule has 54 heteroatoms. The number of carbonyl (C=O) groups excluding carboxylic acids is 6. The average molecular weight is 2120 g/mol. The quantitative estimate of drug-likeness (QED) is 0.0167. The summed E-state index contributed by atoms with van der Waals surface area (Å²) >= 11 is 0. The van der Waals surface area contributed by atoms with E-state index in [9.17, 15) is 120 Å². The molecule has 0 radical (unpaired) electrons. The highest BCUT2D eigenvalue weighted by Gasteiger charge is 2.77. The van der Waals surface area contributed by atoms with Crippen LogP contribution in [0.3, 0.4) is 0 Å². The van der Waals surface area contributed by atoms with E-state index >= 15 is 0 Å². The van der Waals surface area contributed by atoms with Crippen LogP contribution in [0.5, 0.6) is 23.0 Å². The number of piperidine rings is 2. The van der Waals surface area contributed by atoms with Gasteiger partial charge in [-0.25, -0.2) is 19.2 Å². The van der Waals surface area contributed by atoms with E-state index in [1.807, 2.05) is 12.1 Å². The van der Waals surface area contributed by atoms with Gasteiger partial charge in [0.1, 0.15) is 192 Å². The number of rotatable bonds is 42. The molecular formula is C94H132N4O50. The van der Waals surface area contributed by atoms with Gasteiger partial charge >= 0.3 is 24.2 Å². The van der Waals surface area contributed by atoms with Crippen LogP contribution >= 0.6 is 0 Å². The van der Waals surface area contributed by atoms with Crippen molar-refractivity contribution in [2.75, 3.05) is 147 Å². The number of hydrogen-bond donors (Lipinski definition) is 20. The first-order chi connectivity index (χ1) is 70.9. The molecule has 54 nitrogen and oxygen atoms in total. The molecule has 2 spiro atoms. The van der Waals surface area contributed by atoms with E-state index in [0.29, 0.717) is 68.2 Å². The number of aliphatic hydroxyl groups excluding tert-OH is 14. The molecule has 10 heterocycles. The van der Waals surface area contributed by atoms with Crippen LogP contribution in [-0.2, 0) is 152 Å². The molecule has 18 rings (SSSR count). The summed E-state index contributed by atoms with van der Waals surface area (Å²) in [6.07, 6.45) is -46.5. The molecule has 2 aromatic rings. The van der Waals surface area contributed by atoms with Crippen LogP contribution in [0.1, 0.15) is 86.5 Å². The van der Waals surface area contributed by atoms with Crippen LogP contribution in [0, 0.1) is 11.8 Å². The van der Waals surface area contributed by atoms with E-state index in [0.717, 1.165) is 37.1 Å². The topological polar surface area (TPSA) is 753 Å². The third-order valence-electron chi connectivity index (χ3n) is 31.2. The van der Waals surface area contributed by atoms with Crippen molar-refractivity contribution >= 4 is 47.6 Å². The number of benzene rings is 2. The standard InChI is InChI=1S/2C47H66N2O25/c1-63-38-24(15-50)68-43(35(59)31(38)55)73-40-26(70-44(36(60)33(40)57)74-39-25(17-66-19-29(53)54)69-42(64-2)34(58)32(39)56)16-65-18-28(52)48-10-12-67-45(61)71-23-6-5-21-13-27-47(62)8-7-22(51)41-46(47,30(21)37(23)72-41)9-11-49(27)14-20-3-4-20;1-63-38-24(15-50)68-43(35(60)31(38)56)72-40-26(70-44(36(61)33(40)58)73-39-25(17-66-19-29(54)55)69-42(64-2)34(59)32(39)57)16-65-18-28(53)48-10-12-67-45(62)74-47-8-7-23(52)41-46(47)9-11-49(14-20-3-4-20)27(47)13-21-5-6-22(51)37(71-41)30(21)46/h5-6,20,24-27,31-36,38-44,50,55-60,62H,3-4,7-19H2,1-2H3,(H,48,52)(H,53,54);5-6,20,24-27,31-36,38-44,50-51,56-61H,3-4,7-19H2,1-2H3,(H,48,53)(H,54,55)/t2*24?,25?,26?,27-,31?,32?,33?,34?,35?,36?,38?,39?,40?,41+,42?,43?,44?,46+,47-/m11/s1. The zero-order valence-corrected chi connectivity index (χ0v) is 81.3. The van der Waals surface area contributed by atoms with E-state index in [4.69, 9.17) is 124 Å². The number of carbonyl (C=O) groups is 8. The Morgan fingerprint density at radius 2 is 0.797 bits per heavy atom. The molecule has 0 aromatic heterocycles. The highest BCUT2D eigenvalue weighted by atomic mass is 16.8. The number of Topliss-reactive ketones (excluding diaryl/α,β-unsaturated/α-hetero) is 2. The van der Waals surface area contributed by atoms with Crippen molar-refractivity contribution < 1.29 is 244 Å². The highest BCUT2D eigenvalue weighted by Crippen LogP contribution is 2.68. The number of aliphatic carboxylic acids is 2. The Bertz CT molecular complexity index is 4970. The Kier molecular flexibility index (Phi) is 35.3. The molecule has 38 atom stereocenters. The monoisotopic (exact) mass is 2120 g/mol. The van der Waals surface area contributed by atoms with Gasteiger partial charge in [0.05, 0.1) is 75.2 Å². The van der Waals surface area contributed by atoms with Crippen molar-refractivity contribution in [2.24, 2.45) is 11.8 Å². The molecule has 20 N–H and O–H groups in total. The zero-order valence-electron chi connectivity index (χ0n) is 81.3. The summed E-state index contributed by atoms with van der Waals surface area (Å²) in [7, 11) is 4.77. The van der Waals surface area contributed by atoms with Gasteiger partial charge in [-0.05, 0) is 112 Å². The largest absolute Gasteiger partial charge is 0.514 e. The summed E-state index contributed by atoms with van der Waals surface area (Å²) in [6.45, 7) is -4.73. The average Bonchev–Trinajstić information content (AvgIpc) is 1.48. The molecule has 30 unspecified atom stereocenters. The number of nitrogens with one attached hydrogen (secondary N) is 2. The Morgan fingerprint density at radius 1 is 0.426 bits per heavy atom. The second-order valence-corrected chi connectivity index (χ2v) is 40.1. The summed E-state index contributed by atoms with van der Waals surface area (Å²) in [4.78, 5) is 107. The Labute approximate surface area is 844 Å². The Hall–Kier alpha value is -7.80. The van der Waals surface area contributed by atoms with Crippen molar-refractivity contribution in [1.29, 1.82) is 0 Å². The smallest absolute Gasteiger partial charge is 0.504 e. The lowest BCUT2D eigenvalue weighted by molar-refractivity contribution is -0.379. The predicted octanol–water partition coefficient (Wildman–Crippen LogP) is -8.98. The summed E-state index contributed by atoms with van der Waals surface area (Å²) < 4.78 is 136. The molecule has 6 aliphatic carbocycles. The number of hydrogen-bond acceptors (Lipinski definition) is 50. The van der Waals surface area contributed by atoms with Gasteiger partial charge < -0.3 is 216 Å². The van der Waals surface area contributed by atoms with Gasteiger partial charge in [0.15, 0.2) is 84.5 Å². The van der Waals surface area contributed by atoms with E-state index in [-0.39, 0.29) is 92.2 Å². The molecule has 12 fully saturated rings. The number of phenolic OH excluding ortho intramolecular Hbond substituents is 1. The molecule has 4 bridgehead atoms. The highest BCUT2D eigenvalue weighted by molar-refractivity contribution is 5.91. The first-order valence-corrected chi connectivity index (χ1v) is 49.5. The van der Waals surface area contributed by atoms with E-state index in [1.165, 1.54) is 41.3 Å². The summed E-state index contributed by atoms with van der Waals surface area (Å²) in [5, 5.41) is 199. The SMILES string of the molecule is COC1OC(COCC(=O)O)C(OC2OC(COCC(=O)NCCOC(=O)O[C@@]34CCC(=O)[C@@H]5Oc6c(O)ccc7c6[C@@]53CCN(CC3CC3)[C@@H]4C7)C(OC3OC(CO)C(OC)C(O)C3O)C(O)C2O)C(O)C1O.COC1OC(COCC(=O)O)C(OC2OC(COCC(=O)NCCOC(=O)Oc3ccc4c5c3O[C@H]3C(=O)CC[C@@]6(O)[C@@H](C4)N(CC4CC4)CC[C@]536)C(OC3OC(CO)C(OC)C(O)C3O)C(O)C2O)C(O)C1O. The number of methoxy groups -OCH3 is 4. The maximum Gasteiger partial charge on any atom is 0.514 e. The van der Waals surface area contributed by atoms with E-state index in [1.54, 1.807) is 12.1 Å². The number of aliphatic hydroxyl groups is 15. The minimum absolute atomic E-state index is 0.0275. The lowest BCUT2D eigenvalue weighted by Crippen LogP contribution is -2.77. The van der Waals surface area contributed by atoms with Crippen LogP contribution in [0.25, 0.3) is 0 Å². The van der Waals surface area contributed by atoms with Gasteiger partial charge in [0.25, 0.3) is 0 Å². The second kappa shape index (κ2) is 46.9. The van der Waals surface area contributed by atoms with Crippen molar-refractivity contribution in [3.63, 3.8) is 0 Å². The van der Waals surface area contributed by atoms with Crippen LogP contribution < -0.4 is 24.8 Å². The van der Waals surface area contributed by atoms with Crippen LogP contribution in [0.2, 0.25) is 0 Å². The lowest BCUT2D eigenvalue weighted by Gasteiger charge is -2.63. The molecule has 10 aliphatic heterocycles. The molecule has 2 aromatic carbocycles. The first-order valence-electron chi connectivity index (χ1n) is 49.5. The van der Waals surface area contributed by atoms with Crippen molar-refractivity contribution in [2.45, 2.75) is 308 Å². The third kappa shape index (κ3) is 21.8. The number of likely N-dealkylation sites (tertiary alicyclic amines) is 2. The van der Waals surface area contributed by atoms with Crippen LogP contribution in [-0.4, -0.2) is 516 Å². The normalized spacial score (nSPS) is 40.5. The molecule has 16 aliphatic rings. The second-order valence-electron chi connectivity index (χ2n) is 40.1. The molecule has 4 saturated carbocycles. The minimum atomic E-state index is -2.05. The number of carboxylic acids is 2. The van der Waals surface area contributed by atoms with E-state index in [2.05, 4.69) is 20.4 Å². The zero-order chi connectivity index (χ0) is 106. The molecule has 8 saturated heterocycles. The molecule has 148 heavy (non-hydrogen) atoms. The number of amides is 2. The maximum absolute atomic E-state index is 13.8. The fourth-order valence-electron chi connectivity index (χ4n) is 23.9. The number of nitrogens with zero attached hydrogens (tertiary/aromatic N) is 2. The lowest BCUT2D eigenvalue weighted by atomic mass is 9.48. The minimum Gasteiger partial charge on any atom is -0.504 e. The number of ether oxygens (including phenoxy) is 24. The predicted molar refractivity (Wildman–Crippen MR) is 478 cm³/mol. The van der Waals surface area contributed by atoms with Gasteiger partial charge in [-0.15, -0.1) is 0 Å². The first kappa shape index (κ1) is 111. The summed E-state index contributed by atoms with van der Waals surface area (Å²) in [5.74, 6) is -2.85. The van der Waals surface area contributed by atoms with Crippen molar-refractivity contribution in [3.05, 3.63) is 46.5 Å². The Morgan fingerprint density at radius 3 is 1.23 bits per heavy atom. The van der Waals surface area contributed by atoms with Crippen LogP contribution in [0.15, 0.2) is 24.3 Å².